The second-order valence-electron chi connectivity index (χ2n) is 4.72. The SMILES string of the molecule is CNC(=O)C1CN(C(=O)Nc2cccc(C)c2)CCO1. The molecule has 20 heavy (non-hydrogen) atoms. The minimum Gasteiger partial charge on any atom is -0.365 e. The lowest BCUT2D eigenvalue weighted by molar-refractivity contribution is -0.136. The normalized spacial score (nSPS) is 18.5. The van der Waals surface area contributed by atoms with E-state index < -0.39 is 6.10 Å². The van der Waals surface area contributed by atoms with Crippen molar-refractivity contribution in [1.82, 2.24) is 10.2 Å². The second kappa shape index (κ2) is 6.38. The fraction of sp³-hybridized carbons (Fsp3) is 0.429. The Labute approximate surface area is 118 Å². The van der Waals surface area contributed by atoms with Gasteiger partial charge in [-0.1, -0.05) is 12.1 Å². The summed E-state index contributed by atoms with van der Waals surface area (Å²) in [6, 6.07) is 7.37. The van der Waals surface area contributed by atoms with Gasteiger partial charge in [0.05, 0.1) is 13.2 Å². The van der Waals surface area contributed by atoms with Crippen molar-refractivity contribution < 1.29 is 14.3 Å². The van der Waals surface area contributed by atoms with Crippen molar-refractivity contribution in [3.05, 3.63) is 29.8 Å². The Morgan fingerprint density at radius 2 is 2.20 bits per heavy atom. The molecule has 6 heteroatoms. The van der Waals surface area contributed by atoms with Crippen LogP contribution in [0.2, 0.25) is 0 Å². The summed E-state index contributed by atoms with van der Waals surface area (Å²) in [5.74, 6) is -0.210. The molecule has 2 rings (SSSR count). The number of benzene rings is 1. The molecule has 1 heterocycles. The van der Waals surface area contributed by atoms with Crippen molar-refractivity contribution in [2.45, 2.75) is 13.0 Å². The summed E-state index contributed by atoms with van der Waals surface area (Å²) >= 11 is 0. The van der Waals surface area contributed by atoms with Gasteiger partial charge in [-0.05, 0) is 24.6 Å². The van der Waals surface area contributed by atoms with Crippen molar-refractivity contribution in [3.63, 3.8) is 0 Å². The number of rotatable bonds is 2. The van der Waals surface area contributed by atoms with Gasteiger partial charge in [-0.3, -0.25) is 4.79 Å². The molecule has 0 bridgehead atoms. The molecule has 1 atom stereocenters. The third kappa shape index (κ3) is 3.48. The van der Waals surface area contributed by atoms with Crippen LogP contribution in [-0.4, -0.2) is 49.7 Å². The highest BCUT2D eigenvalue weighted by molar-refractivity contribution is 5.90. The van der Waals surface area contributed by atoms with E-state index in [1.807, 2.05) is 31.2 Å². The number of anilines is 1. The van der Waals surface area contributed by atoms with Crippen molar-refractivity contribution in [2.24, 2.45) is 0 Å². The first kappa shape index (κ1) is 14.3. The molecule has 2 N–H and O–H groups in total. The largest absolute Gasteiger partial charge is 0.365 e. The van der Waals surface area contributed by atoms with Gasteiger partial charge in [0, 0.05) is 19.3 Å². The molecule has 1 unspecified atom stereocenters. The molecule has 0 saturated carbocycles. The zero-order valence-electron chi connectivity index (χ0n) is 11.7. The molecule has 1 aromatic rings. The Balaban J connectivity index is 1.97. The molecule has 1 fully saturated rings. The van der Waals surface area contributed by atoms with E-state index in [1.54, 1.807) is 11.9 Å². The zero-order valence-corrected chi connectivity index (χ0v) is 11.7. The van der Waals surface area contributed by atoms with Gasteiger partial charge >= 0.3 is 6.03 Å². The minimum absolute atomic E-state index is 0.210. The highest BCUT2D eigenvalue weighted by Gasteiger charge is 2.28. The van der Waals surface area contributed by atoms with Gasteiger partial charge in [0.1, 0.15) is 0 Å². The molecule has 0 spiro atoms. The summed E-state index contributed by atoms with van der Waals surface area (Å²) in [7, 11) is 1.55. The number of nitrogens with zero attached hydrogens (tertiary/aromatic N) is 1. The maximum atomic E-state index is 12.2. The van der Waals surface area contributed by atoms with Crippen LogP contribution in [0, 0.1) is 6.92 Å². The molecular formula is C14H19N3O3. The number of ether oxygens (including phenoxy) is 1. The zero-order chi connectivity index (χ0) is 14.5. The van der Waals surface area contributed by atoms with Crippen LogP contribution in [0.5, 0.6) is 0 Å². The number of aryl methyl sites for hydroxylation is 1. The summed E-state index contributed by atoms with van der Waals surface area (Å²) in [5.41, 5.74) is 1.82. The fourth-order valence-electron chi connectivity index (χ4n) is 2.08. The monoisotopic (exact) mass is 277 g/mol. The minimum atomic E-state index is -0.600. The molecular weight excluding hydrogens is 258 g/mol. The Morgan fingerprint density at radius 1 is 1.40 bits per heavy atom. The molecule has 108 valence electrons. The first-order chi connectivity index (χ1) is 9.60. The number of nitrogens with one attached hydrogen (secondary N) is 2. The lowest BCUT2D eigenvalue weighted by Gasteiger charge is -2.31. The summed E-state index contributed by atoms with van der Waals surface area (Å²) in [6.45, 7) is 3.06. The number of hydrogen-bond acceptors (Lipinski definition) is 3. The predicted octanol–water partition coefficient (Wildman–Crippen LogP) is 0.974. The van der Waals surface area contributed by atoms with Crippen molar-refractivity contribution in [3.8, 4) is 0 Å². The molecule has 3 amide bonds. The molecule has 1 aliphatic heterocycles. The van der Waals surface area contributed by atoms with E-state index in [-0.39, 0.29) is 18.5 Å². The predicted molar refractivity (Wildman–Crippen MR) is 75.6 cm³/mol. The van der Waals surface area contributed by atoms with Crippen LogP contribution in [0.3, 0.4) is 0 Å². The maximum absolute atomic E-state index is 12.2. The summed E-state index contributed by atoms with van der Waals surface area (Å²) in [5, 5.41) is 5.36. The van der Waals surface area contributed by atoms with Crippen molar-refractivity contribution >= 4 is 17.6 Å². The quantitative estimate of drug-likeness (QED) is 0.846. The highest BCUT2D eigenvalue weighted by Crippen LogP contribution is 2.12. The standard InChI is InChI=1S/C14H19N3O3/c1-10-4-3-5-11(8-10)16-14(19)17-6-7-20-12(9-17)13(18)15-2/h3-5,8,12H,6-7,9H2,1-2H3,(H,15,18)(H,16,19). The van der Waals surface area contributed by atoms with E-state index in [0.29, 0.717) is 13.2 Å². The molecule has 0 aliphatic carbocycles. The molecule has 6 nitrogen and oxygen atoms in total. The smallest absolute Gasteiger partial charge is 0.322 e. The Hall–Kier alpha value is -2.08. The van der Waals surface area contributed by atoms with E-state index in [2.05, 4.69) is 10.6 Å². The molecule has 1 aromatic carbocycles. The van der Waals surface area contributed by atoms with Crippen LogP contribution in [0.4, 0.5) is 10.5 Å². The third-order valence-electron chi connectivity index (χ3n) is 3.16. The molecule has 1 saturated heterocycles. The third-order valence-corrected chi connectivity index (χ3v) is 3.16. The van der Waals surface area contributed by atoms with Gasteiger partial charge < -0.3 is 20.3 Å². The number of likely N-dealkylation sites (N-methyl/N-ethyl adjacent to an activating group) is 1. The van der Waals surface area contributed by atoms with E-state index in [0.717, 1.165) is 11.3 Å². The average Bonchev–Trinajstić information content (AvgIpc) is 2.46. The summed E-state index contributed by atoms with van der Waals surface area (Å²) in [4.78, 5) is 25.3. The highest BCUT2D eigenvalue weighted by atomic mass is 16.5. The topological polar surface area (TPSA) is 70.7 Å². The number of carbonyl (C=O) groups excluding carboxylic acids is 2. The van der Waals surface area contributed by atoms with Gasteiger partial charge in [0.2, 0.25) is 0 Å². The van der Waals surface area contributed by atoms with Gasteiger partial charge in [-0.15, -0.1) is 0 Å². The van der Waals surface area contributed by atoms with Crippen LogP contribution in [0.15, 0.2) is 24.3 Å². The maximum Gasteiger partial charge on any atom is 0.322 e. The first-order valence-electron chi connectivity index (χ1n) is 6.56. The Bertz CT molecular complexity index is 504. The van der Waals surface area contributed by atoms with Crippen LogP contribution in [0.1, 0.15) is 5.56 Å². The lowest BCUT2D eigenvalue weighted by atomic mass is 10.2. The van der Waals surface area contributed by atoms with Gasteiger partial charge in [-0.2, -0.15) is 0 Å². The van der Waals surface area contributed by atoms with Gasteiger partial charge in [0.25, 0.3) is 5.91 Å². The first-order valence-corrected chi connectivity index (χ1v) is 6.56. The van der Waals surface area contributed by atoms with E-state index >= 15 is 0 Å². The van der Waals surface area contributed by atoms with Crippen LogP contribution >= 0.6 is 0 Å². The molecule has 0 aromatic heterocycles. The van der Waals surface area contributed by atoms with E-state index in [4.69, 9.17) is 4.74 Å². The van der Waals surface area contributed by atoms with Gasteiger partial charge in [-0.25, -0.2) is 4.79 Å². The summed E-state index contributed by atoms with van der Waals surface area (Å²) < 4.78 is 5.35. The second-order valence-corrected chi connectivity index (χ2v) is 4.72. The number of amides is 3. The average molecular weight is 277 g/mol. The molecule has 0 radical (unpaired) electrons. The van der Waals surface area contributed by atoms with Crippen LogP contribution in [0.25, 0.3) is 0 Å². The van der Waals surface area contributed by atoms with E-state index in [1.165, 1.54) is 0 Å². The Morgan fingerprint density at radius 3 is 2.90 bits per heavy atom. The van der Waals surface area contributed by atoms with Crippen LogP contribution < -0.4 is 10.6 Å². The van der Waals surface area contributed by atoms with Crippen molar-refractivity contribution in [1.29, 1.82) is 0 Å². The number of urea groups is 1. The van der Waals surface area contributed by atoms with Crippen molar-refractivity contribution in [2.75, 3.05) is 32.1 Å². The summed E-state index contributed by atoms with van der Waals surface area (Å²) in [6.07, 6.45) is -0.600. The van der Waals surface area contributed by atoms with Crippen LogP contribution in [-0.2, 0) is 9.53 Å². The number of carbonyl (C=O) groups is 2. The Kier molecular flexibility index (Phi) is 4.57. The van der Waals surface area contributed by atoms with Gasteiger partial charge in [0.15, 0.2) is 6.10 Å². The molecule has 1 aliphatic rings. The fourth-order valence-corrected chi connectivity index (χ4v) is 2.08. The number of morpholine rings is 1. The number of hydrogen-bond donors (Lipinski definition) is 2. The van der Waals surface area contributed by atoms with E-state index in [9.17, 15) is 9.59 Å². The lowest BCUT2D eigenvalue weighted by Crippen LogP contribution is -2.52.